The van der Waals surface area contributed by atoms with Crippen molar-refractivity contribution in [1.29, 1.82) is 0 Å². The lowest BCUT2D eigenvalue weighted by molar-refractivity contribution is -0.122. The highest BCUT2D eigenvalue weighted by Gasteiger charge is 2.25. The number of hydrogen-bond acceptors (Lipinski definition) is 2. The first kappa shape index (κ1) is 13.1. The summed E-state index contributed by atoms with van der Waals surface area (Å²) in [6.07, 6.45) is 2.16. The molecule has 2 N–H and O–H groups in total. The molecular weight excluding hydrogens is 224 g/mol. The fraction of sp³-hybridized carbons (Fsp3) is 0.533. The molecule has 0 spiro atoms. The van der Waals surface area contributed by atoms with Gasteiger partial charge in [-0.1, -0.05) is 37.1 Å². The Bertz CT molecular complexity index is 429. The van der Waals surface area contributed by atoms with E-state index in [4.69, 9.17) is 0 Å². The molecule has 0 saturated carbocycles. The van der Waals surface area contributed by atoms with Crippen molar-refractivity contribution in [2.45, 2.75) is 39.2 Å². The van der Waals surface area contributed by atoms with Crippen LogP contribution in [0.25, 0.3) is 0 Å². The molecule has 1 aliphatic rings. The number of nitrogens with one attached hydrogen (secondary N) is 2. The Morgan fingerprint density at radius 1 is 1.50 bits per heavy atom. The highest BCUT2D eigenvalue weighted by Crippen LogP contribution is 2.25. The van der Waals surface area contributed by atoms with Crippen molar-refractivity contribution < 1.29 is 4.79 Å². The van der Waals surface area contributed by atoms with Crippen LogP contribution in [0.15, 0.2) is 18.2 Å². The number of carbonyl (C=O) groups is 1. The van der Waals surface area contributed by atoms with Gasteiger partial charge in [0.1, 0.15) is 0 Å². The predicted octanol–water partition coefficient (Wildman–Crippen LogP) is 2.10. The predicted molar refractivity (Wildman–Crippen MR) is 73.5 cm³/mol. The van der Waals surface area contributed by atoms with Gasteiger partial charge in [-0.3, -0.25) is 4.79 Å². The first-order valence-corrected chi connectivity index (χ1v) is 6.80. The zero-order valence-corrected chi connectivity index (χ0v) is 11.3. The van der Waals surface area contributed by atoms with Crippen molar-refractivity contribution in [3.05, 3.63) is 34.9 Å². The molecule has 1 aromatic carbocycles. The normalized spacial score (nSPS) is 18.2. The molecule has 0 aromatic heterocycles. The van der Waals surface area contributed by atoms with Gasteiger partial charge < -0.3 is 10.6 Å². The summed E-state index contributed by atoms with van der Waals surface area (Å²) in [7, 11) is 0. The molecule has 2 rings (SSSR count). The molecule has 1 aromatic rings. The molecular formula is C15H22N2O. The topological polar surface area (TPSA) is 41.1 Å². The maximum atomic E-state index is 12.2. The summed E-state index contributed by atoms with van der Waals surface area (Å²) in [5.41, 5.74) is 3.67. The molecule has 0 saturated heterocycles. The van der Waals surface area contributed by atoms with E-state index in [2.05, 4.69) is 42.7 Å². The molecule has 0 aliphatic carbocycles. The van der Waals surface area contributed by atoms with E-state index < -0.39 is 0 Å². The van der Waals surface area contributed by atoms with Crippen LogP contribution in [0.4, 0.5) is 0 Å². The largest absolute Gasteiger partial charge is 0.356 e. The van der Waals surface area contributed by atoms with Gasteiger partial charge in [0.05, 0.1) is 5.92 Å². The first-order chi connectivity index (χ1) is 8.72. The summed E-state index contributed by atoms with van der Waals surface area (Å²) in [6, 6.07) is 6.39. The van der Waals surface area contributed by atoms with Gasteiger partial charge in [0.25, 0.3) is 0 Å². The lowest BCUT2D eigenvalue weighted by Crippen LogP contribution is -2.39. The Morgan fingerprint density at radius 2 is 2.33 bits per heavy atom. The minimum absolute atomic E-state index is 0.0366. The van der Waals surface area contributed by atoms with Gasteiger partial charge in [0.15, 0.2) is 0 Å². The minimum Gasteiger partial charge on any atom is -0.356 e. The van der Waals surface area contributed by atoms with Crippen LogP contribution in [0.1, 0.15) is 42.4 Å². The van der Waals surface area contributed by atoms with Gasteiger partial charge in [-0.25, -0.2) is 0 Å². The van der Waals surface area contributed by atoms with Crippen LogP contribution < -0.4 is 10.6 Å². The van der Waals surface area contributed by atoms with E-state index in [0.29, 0.717) is 0 Å². The van der Waals surface area contributed by atoms with Gasteiger partial charge in [-0.05, 0) is 24.5 Å². The molecule has 0 fully saturated rings. The number of benzene rings is 1. The number of fused-ring (bicyclic) bond motifs is 1. The van der Waals surface area contributed by atoms with Crippen molar-refractivity contribution >= 4 is 5.91 Å². The molecule has 0 bridgehead atoms. The fourth-order valence-corrected chi connectivity index (χ4v) is 2.41. The molecule has 0 radical (unpaired) electrons. The second-order valence-electron chi connectivity index (χ2n) is 5.03. The van der Waals surface area contributed by atoms with Crippen molar-refractivity contribution in [2.24, 2.45) is 0 Å². The number of aryl methyl sites for hydroxylation is 1. The first-order valence-electron chi connectivity index (χ1n) is 6.80. The molecule has 1 unspecified atom stereocenters. The van der Waals surface area contributed by atoms with E-state index in [1.165, 1.54) is 16.7 Å². The lowest BCUT2D eigenvalue weighted by atomic mass is 9.89. The summed E-state index contributed by atoms with van der Waals surface area (Å²) in [5, 5.41) is 6.36. The average Bonchev–Trinajstić information content (AvgIpc) is 2.38. The molecule has 1 aliphatic heterocycles. The van der Waals surface area contributed by atoms with Gasteiger partial charge in [-0.2, -0.15) is 0 Å². The quantitative estimate of drug-likeness (QED) is 0.799. The van der Waals surface area contributed by atoms with E-state index in [-0.39, 0.29) is 11.8 Å². The SMILES string of the molecule is CCCCNC(=O)C1CNCc2ccc(C)cc21. The Morgan fingerprint density at radius 3 is 3.11 bits per heavy atom. The van der Waals surface area contributed by atoms with Gasteiger partial charge >= 0.3 is 0 Å². The molecule has 3 nitrogen and oxygen atoms in total. The Kier molecular flexibility index (Phi) is 4.37. The van der Waals surface area contributed by atoms with Crippen LogP contribution in [-0.4, -0.2) is 19.0 Å². The van der Waals surface area contributed by atoms with E-state index in [1.54, 1.807) is 0 Å². The number of hydrogen-bond donors (Lipinski definition) is 2. The summed E-state index contributed by atoms with van der Waals surface area (Å²) in [6.45, 7) is 6.61. The molecule has 1 atom stereocenters. The third kappa shape index (κ3) is 2.91. The third-order valence-electron chi connectivity index (χ3n) is 3.49. The number of unbranched alkanes of at least 4 members (excludes halogenated alkanes) is 1. The number of amides is 1. The summed E-state index contributed by atoms with van der Waals surface area (Å²) >= 11 is 0. The maximum Gasteiger partial charge on any atom is 0.228 e. The average molecular weight is 246 g/mol. The highest BCUT2D eigenvalue weighted by molar-refractivity contribution is 5.84. The molecule has 1 heterocycles. The van der Waals surface area contributed by atoms with Gasteiger partial charge in [0, 0.05) is 19.6 Å². The maximum absolute atomic E-state index is 12.2. The summed E-state index contributed by atoms with van der Waals surface area (Å²) < 4.78 is 0. The monoisotopic (exact) mass is 246 g/mol. The second-order valence-corrected chi connectivity index (χ2v) is 5.03. The van der Waals surface area contributed by atoms with Crippen LogP contribution >= 0.6 is 0 Å². The Balaban J connectivity index is 2.11. The van der Waals surface area contributed by atoms with Crippen molar-refractivity contribution in [1.82, 2.24) is 10.6 Å². The van der Waals surface area contributed by atoms with Gasteiger partial charge in [0.2, 0.25) is 5.91 Å². The van der Waals surface area contributed by atoms with Crippen LogP contribution in [0.3, 0.4) is 0 Å². The zero-order valence-electron chi connectivity index (χ0n) is 11.3. The van der Waals surface area contributed by atoms with E-state index in [9.17, 15) is 4.79 Å². The minimum atomic E-state index is -0.0366. The molecule has 3 heteroatoms. The third-order valence-corrected chi connectivity index (χ3v) is 3.49. The fourth-order valence-electron chi connectivity index (χ4n) is 2.41. The van der Waals surface area contributed by atoms with Crippen LogP contribution in [0.2, 0.25) is 0 Å². The Labute approximate surface area is 109 Å². The molecule has 18 heavy (non-hydrogen) atoms. The van der Waals surface area contributed by atoms with Crippen LogP contribution in [0.5, 0.6) is 0 Å². The van der Waals surface area contributed by atoms with Gasteiger partial charge in [-0.15, -0.1) is 0 Å². The number of carbonyl (C=O) groups excluding carboxylic acids is 1. The zero-order chi connectivity index (χ0) is 13.0. The van der Waals surface area contributed by atoms with E-state index in [0.717, 1.165) is 32.5 Å². The van der Waals surface area contributed by atoms with Crippen molar-refractivity contribution in [3.8, 4) is 0 Å². The standard InChI is InChI=1S/C15H22N2O/c1-3-4-7-17-15(18)14-10-16-9-12-6-5-11(2)8-13(12)14/h5-6,8,14,16H,3-4,7,9-10H2,1-2H3,(H,17,18). The van der Waals surface area contributed by atoms with Crippen molar-refractivity contribution in [2.75, 3.05) is 13.1 Å². The van der Waals surface area contributed by atoms with Crippen LogP contribution in [-0.2, 0) is 11.3 Å². The lowest BCUT2D eigenvalue weighted by Gasteiger charge is -2.26. The van der Waals surface area contributed by atoms with E-state index in [1.807, 2.05) is 0 Å². The Hall–Kier alpha value is -1.35. The van der Waals surface area contributed by atoms with E-state index >= 15 is 0 Å². The number of rotatable bonds is 4. The smallest absolute Gasteiger partial charge is 0.228 e. The van der Waals surface area contributed by atoms with Crippen LogP contribution in [0, 0.1) is 6.92 Å². The summed E-state index contributed by atoms with van der Waals surface area (Å²) in [5.74, 6) is 0.119. The molecule has 98 valence electrons. The second kappa shape index (κ2) is 6.01. The summed E-state index contributed by atoms with van der Waals surface area (Å²) in [4.78, 5) is 12.2. The molecule has 1 amide bonds. The highest BCUT2D eigenvalue weighted by atomic mass is 16.1. The van der Waals surface area contributed by atoms with Crippen molar-refractivity contribution in [3.63, 3.8) is 0 Å².